The fourth-order valence-corrected chi connectivity index (χ4v) is 2.85. The van der Waals surface area contributed by atoms with Crippen LogP contribution in [0.5, 0.6) is 0 Å². The number of benzene rings is 2. The van der Waals surface area contributed by atoms with Crippen molar-refractivity contribution >= 4 is 29.5 Å². The Morgan fingerprint density at radius 1 is 1.00 bits per heavy atom. The predicted octanol–water partition coefficient (Wildman–Crippen LogP) is 2.38. The lowest BCUT2D eigenvalue weighted by atomic mass is 10.1. The highest BCUT2D eigenvalue weighted by Gasteiger charge is 2.19. The Morgan fingerprint density at radius 3 is 2.25 bits per heavy atom. The molecular formula is C21H21N3O4. The number of ether oxygens (including phenoxy) is 1. The second-order valence-electron chi connectivity index (χ2n) is 6.28. The number of nitrogens with zero attached hydrogens (tertiary/aromatic N) is 3. The van der Waals surface area contributed by atoms with Crippen LogP contribution in [0.1, 0.15) is 27.6 Å². The SMILES string of the molecule is C/C(=N\N(C=O)c1ccc(C(=O)N2CCOCC2)cc1)C(=O)c1ccccc1. The Morgan fingerprint density at radius 2 is 1.64 bits per heavy atom. The molecule has 1 heterocycles. The van der Waals surface area contributed by atoms with Gasteiger partial charge < -0.3 is 9.64 Å². The molecule has 7 heteroatoms. The van der Waals surface area contributed by atoms with Crippen molar-refractivity contribution in [3.8, 4) is 0 Å². The van der Waals surface area contributed by atoms with Crippen LogP contribution in [-0.4, -0.2) is 55.0 Å². The number of morpholine rings is 1. The lowest BCUT2D eigenvalue weighted by Gasteiger charge is -2.27. The topological polar surface area (TPSA) is 79.3 Å². The Kier molecular flexibility index (Phi) is 6.29. The molecule has 0 aliphatic carbocycles. The van der Waals surface area contributed by atoms with Gasteiger partial charge in [-0.15, -0.1) is 0 Å². The van der Waals surface area contributed by atoms with Crippen molar-refractivity contribution in [1.82, 2.24) is 4.90 Å². The molecule has 0 saturated carbocycles. The number of hydrazone groups is 1. The molecule has 0 bridgehead atoms. The summed E-state index contributed by atoms with van der Waals surface area (Å²) < 4.78 is 5.26. The van der Waals surface area contributed by atoms with E-state index in [-0.39, 0.29) is 17.4 Å². The number of Topliss-reactive ketones (excluding diaryl/α,β-unsaturated/α-hetero) is 1. The zero-order chi connectivity index (χ0) is 19.9. The van der Waals surface area contributed by atoms with Gasteiger partial charge in [-0.05, 0) is 31.2 Å². The summed E-state index contributed by atoms with van der Waals surface area (Å²) in [6, 6.07) is 15.3. The highest BCUT2D eigenvalue weighted by atomic mass is 16.5. The van der Waals surface area contributed by atoms with Crippen LogP contribution >= 0.6 is 0 Å². The number of amides is 2. The van der Waals surface area contributed by atoms with Crippen molar-refractivity contribution in [2.45, 2.75) is 6.92 Å². The first kappa shape index (κ1) is 19.4. The summed E-state index contributed by atoms with van der Waals surface area (Å²) in [7, 11) is 0. The number of hydrogen-bond acceptors (Lipinski definition) is 5. The number of ketones is 1. The maximum Gasteiger partial charge on any atom is 0.254 e. The van der Waals surface area contributed by atoms with Gasteiger partial charge in [-0.2, -0.15) is 5.10 Å². The molecule has 144 valence electrons. The minimum absolute atomic E-state index is 0.0774. The predicted molar refractivity (Wildman–Crippen MR) is 106 cm³/mol. The van der Waals surface area contributed by atoms with Gasteiger partial charge in [0, 0.05) is 24.2 Å². The van der Waals surface area contributed by atoms with Gasteiger partial charge in [0.25, 0.3) is 5.91 Å². The zero-order valence-corrected chi connectivity index (χ0v) is 15.6. The van der Waals surface area contributed by atoms with Crippen LogP contribution in [0.25, 0.3) is 0 Å². The van der Waals surface area contributed by atoms with Crippen molar-refractivity contribution in [3.05, 3.63) is 65.7 Å². The maximum absolute atomic E-state index is 12.5. The van der Waals surface area contributed by atoms with Crippen LogP contribution in [0.4, 0.5) is 5.69 Å². The van der Waals surface area contributed by atoms with Gasteiger partial charge in [0.05, 0.1) is 18.9 Å². The second-order valence-corrected chi connectivity index (χ2v) is 6.28. The highest BCUT2D eigenvalue weighted by molar-refractivity contribution is 6.45. The molecular weight excluding hydrogens is 358 g/mol. The smallest absolute Gasteiger partial charge is 0.254 e. The van der Waals surface area contributed by atoms with E-state index in [0.29, 0.717) is 49.5 Å². The van der Waals surface area contributed by atoms with E-state index in [9.17, 15) is 14.4 Å². The quantitative estimate of drug-likeness (QED) is 0.334. The van der Waals surface area contributed by atoms with E-state index >= 15 is 0 Å². The molecule has 2 amide bonds. The fourth-order valence-electron chi connectivity index (χ4n) is 2.85. The molecule has 0 atom stereocenters. The molecule has 3 rings (SSSR count). The summed E-state index contributed by atoms with van der Waals surface area (Å²) in [5, 5.41) is 5.21. The first-order chi connectivity index (χ1) is 13.6. The van der Waals surface area contributed by atoms with Gasteiger partial charge in [0.15, 0.2) is 0 Å². The van der Waals surface area contributed by atoms with Crippen molar-refractivity contribution < 1.29 is 19.1 Å². The fraction of sp³-hybridized carbons (Fsp3) is 0.238. The summed E-state index contributed by atoms with van der Waals surface area (Å²) >= 11 is 0. The molecule has 0 unspecified atom stereocenters. The number of rotatable bonds is 6. The molecule has 1 aliphatic rings. The number of carbonyl (C=O) groups excluding carboxylic acids is 3. The molecule has 1 fully saturated rings. The monoisotopic (exact) mass is 379 g/mol. The Labute approximate surface area is 163 Å². The number of carbonyl (C=O) groups is 3. The van der Waals surface area contributed by atoms with Crippen LogP contribution in [0, 0.1) is 0 Å². The summed E-state index contributed by atoms with van der Waals surface area (Å²) in [5.41, 5.74) is 1.68. The van der Waals surface area contributed by atoms with E-state index in [1.165, 1.54) is 0 Å². The Bertz CT molecular complexity index is 872. The van der Waals surface area contributed by atoms with Crippen LogP contribution in [-0.2, 0) is 9.53 Å². The van der Waals surface area contributed by atoms with Gasteiger partial charge in [-0.25, -0.2) is 5.01 Å². The molecule has 2 aromatic carbocycles. The maximum atomic E-state index is 12.5. The Hall–Kier alpha value is -3.32. The van der Waals surface area contributed by atoms with E-state index in [0.717, 1.165) is 5.01 Å². The van der Waals surface area contributed by atoms with Crippen LogP contribution in [0.15, 0.2) is 59.7 Å². The van der Waals surface area contributed by atoms with E-state index in [2.05, 4.69) is 5.10 Å². The third kappa shape index (κ3) is 4.50. The summed E-state index contributed by atoms with van der Waals surface area (Å²) in [4.78, 5) is 38.1. The average molecular weight is 379 g/mol. The van der Waals surface area contributed by atoms with Crippen molar-refractivity contribution in [2.75, 3.05) is 31.3 Å². The molecule has 28 heavy (non-hydrogen) atoms. The van der Waals surface area contributed by atoms with Gasteiger partial charge in [-0.1, -0.05) is 30.3 Å². The van der Waals surface area contributed by atoms with Crippen LogP contribution in [0.2, 0.25) is 0 Å². The third-order valence-electron chi connectivity index (χ3n) is 4.40. The second kappa shape index (κ2) is 9.05. The van der Waals surface area contributed by atoms with E-state index in [4.69, 9.17) is 4.74 Å². The van der Waals surface area contributed by atoms with Crippen molar-refractivity contribution in [1.29, 1.82) is 0 Å². The summed E-state index contributed by atoms with van der Waals surface area (Å²) in [6.07, 6.45) is 0.528. The average Bonchev–Trinajstić information content (AvgIpc) is 2.77. The van der Waals surface area contributed by atoms with Crippen LogP contribution in [0.3, 0.4) is 0 Å². The van der Waals surface area contributed by atoms with Gasteiger partial charge >= 0.3 is 0 Å². The summed E-state index contributed by atoms with van der Waals surface area (Å²) in [5.74, 6) is -0.335. The van der Waals surface area contributed by atoms with Gasteiger partial charge in [0.2, 0.25) is 12.2 Å². The number of hydrogen-bond donors (Lipinski definition) is 0. The normalized spacial score (nSPS) is 14.5. The van der Waals surface area contributed by atoms with Crippen molar-refractivity contribution in [2.24, 2.45) is 5.10 Å². The first-order valence-corrected chi connectivity index (χ1v) is 8.96. The minimum atomic E-state index is -0.258. The number of anilines is 1. The highest BCUT2D eigenvalue weighted by Crippen LogP contribution is 2.17. The van der Waals surface area contributed by atoms with Crippen LogP contribution < -0.4 is 5.01 Å². The largest absolute Gasteiger partial charge is 0.378 e. The third-order valence-corrected chi connectivity index (χ3v) is 4.40. The summed E-state index contributed by atoms with van der Waals surface area (Å²) in [6.45, 7) is 3.75. The molecule has 7 nitrogen and oxygen atoms in total. The lowest BCUT2D eigenvalue weighted by molar-refractivity contribution is -0.107. The van der Waals surface area contributed by atoms with Gasteiger partial charge in [-0.3, -0.25) is 14.4 Å². The molecule has 2 aromatic rings. The molecule has 0 aromatic heterocycles. The molecule has 1 saturated heterocycles. The van der Waals surface area contributed by atoms with E-state index in [1.807, 2.05) is 6.07 Å². The van der Waals surface area contributed by atoms with Crippen molar-refractivity contribution in [3.63, 3.8) is 0 Å². The first-order valence-electron chi connectivity index (χ1n) is 8.96. The Balaban J connectivity index is 1.74. The molecule has 0 radical (unpaired) electrons. The zero-order valence-electron chi connectivity index (χ0n) is 15.6. The van der Waals surface area contributed by atoms with E-state index < -0.39 is 0 Å². The van der Waals surface area contributed by atoms with Gasteiger partial charge in [0.1, 0.15) is 5.71 Å². The lowest BCUT2D eigenvalue weighted by Crippen LogP contribution is -2.40. The molecule has 1 aliphatic heterocycles. The standard InChI is InChI=1S/C21H21N3O4/c1-16(20(26)17-5-3-2-4-6-17)22-24(15-25)19-9-7-18(8-10-19)21(27)23-11-13-28-14-12-23/h2-10,15H,11-14H2,1H3/b22-16+. The molecule has 0 N–H and O–H groups in total. The van der Waals surface area contributed by atoms with E-state index in [1.54, 1.807) is 60.4 Å². The molecule has 0 spiro atoms. The minimum Gasteiger partial charge on any atom is -0.378 e.